The van der Waals surface area contributed by atoms with Crippen LogP contribution < -0.4 is 9.80 Å². The summed E-state index contributed by atoms with van der Waals surface area (Å²) < 4.78 is 1.80. The third-order valence-electron chi connectivity index (χ3n) is 4.70. The zero-order valence-electron chi connectivity index (χ0n) is 15.4. The molecule has 1 saturated heterocycles. The quantitative estimate of drug-likeness (QED) is 0.705. The van der Waals surface area contributed by atoms with Gasteiger partial charge in [-0.1, -0.05) is 0 Å². The Balaban J connectivity index is 1.46. The van der Waals surface area contributed by atoms with Crippen molar-refractivity contribution in [1.82, 2.24) is 25.0 Å². The highest BCUT2D eigenvalue weighted by molar-refractivity contribution is 5.57. The van der Waals surface area contributed by atoms with Gasteiger partial charge in [0.1, 0.15) is 6.07 Å². The average molecular weight is 360 g/mol. The summed E-state index contributed by atoms with van der Waals surface area (Å²) in [5, 5.41) is 22.4. The lowest BCUT2D eigenvalue weighted by atomic mass is 10.2. The minimum Gasteiger partial charge on any atom is -0.366 e. The molecule has 0 unspecified atom stereocenters. The van der Waals surface area contributed by atoms with Crippen LogP contribution in [0.2, 0.25) is 0 Å². The summed E-state index contributed by atoms with van der Waals surface area (Å²) >= 11 is 0. The van der Waals surface area contributed by atoms with E-state index in [-0.39, 0.29) is 0 Å². The van der Waals surface area contributed by atoms with E-state index in [1.807, 2.05) is 44.2 Å². The summed E-state index contributed by atoms with van der Waals surface area (Å²) in [6.45, 7) is 7.21. The molecule has 4 heterocycles. The summed E-state index contributed by atoms with van der Waals surface area (Å²) in [5.74, 6) is 1.57. The molecule has 1 fully saturated rings. The molecule has 0 spiro atoms. The van der Waals surface area contributed by atoms with Crippen LogP contribution in [0.15, 0.2) is 36.5 Å². The van der Waals surface area contributed by atoms with Gasteiger partial charge in [-0.3, -0.25) is 0 Å². The maximum Gasteiger partial charge on any atom is 0.176 e. The zero-order chi connectivity index (χ0) is 18.8. The zero-order valence-corrected chi connectivity index (χ0v) is 15.4. The van der Waals surface area contributed by atoms with E-state index in [2.05, 4.69) is 36.1 Å². The Morgan fingerprint density at radius 2 is 1.67 bits per heavy atom. The molecule has 8 heteroatoms. The molecular formula is C19H20N8. The number of aromatic nitrogens is 5. The van der Waals surface area contributed by atoms with Gasteiger partial charge in [0.25, 0.3) is 0 Å². The number of aryl methyl sites for hydroxylation is 2. The van der Waals surface area contributed by atoms with Crippen LogP contribution in [-0.4, -0.2) is 51.1 Å². The molecule has 0 aromatic carbocycles. The summed E-state index contributed by atoms with van der Waals surface area (Å²) in [6, 6.07) is 11.9. The first kappa shape index (κ1) is 17.0. The van der Waals surface area contributed by atoms with Crippen molar-refractivity contribution in [2.75, 3.05) is 36.0 Å². The Kier molecular flexibility index (Phi) is 4.42. The maximum atomic E-state index is 9.25. The fraction of sp³-hybridized carbons (Fsp3) is 0.316. The van der Waals surface area contributed by atoms with Crippen molar-refractivity contribution in [1.29, 1.82) is 5.26 Å². The molecule has 0 radical (unpaired) electrons. The lowest BCUT2D eigenvalue weighted by Crippen LogP contribution is -2.47. The standard InChI is InChI=1S/C19H20N8/c1-14-12-15(2)27(24-14)19-6-5-18(22-23-19)26-10-8-25(9-11-26)17-4-3-7-21-16(17)13-20/h3-7,12H,8-11H2,1-2H3. The molecule has 0 atom stereocenters. The molecule has 4 rings (SSSR count). The van der Waals surface area contributed by atoms with Crippen LogP contribution in [-0.2, 0) is 0 Å². The van der Waals surface area contributed by atoms with Gasteiger partial charge in [0.15, 0.2) is 17.3 Å². The van der Waals surface area contributed by atoms with Crippen LogP contribution >= 0.6 is 0 Å². The fourth-order valence-corrected chi connectivity index (χ4v) is 3.38. The SMILES string of the molecule is Cc1cc(C)n(-c2ccc(N3CCN(c4cccnc4C#N)CC3)nn2)n1. The third kappa shape index (κ3) is 3.31. The molecule has 1 aliphatic heterocycles. The second kappa shape index (κ2) is 7.03. The molecule has 0 amide bonds. The molecule has 8 nitrogen and oxygen atoms in total. The van der Waals surface area contributed by atoms with Crippen LogP contribution in [0.1, 0.15) is 17.1 Å². The lowest BCUT2D eigenvalue weighted by Gasteiger charge is -2.36. The van der Waals surface area contributed by atoms with Gasteiger partial charge in [-0.15, -0.1) is 10.2 Å². The van der Waals surface area contributed by atoms with Crippen LogP contribution in [0.3, 0.4) is 0 Å². The number of rotatable bonds is 3. The van der Waals surface area contributed by atoms with E-state index in [0.717, 1.165) is 54.9 Å². The number of hydrogen-bond donors (Lipinski definition) is 0. The molecule has 0 saturated carbocycles. The highest BCUT2D eigenvalue weighted by Crippen LogP contribution is 2.21. The number of pyridine rings is 1. The smallest absolute Gasteiger partial charge is 0.176 e. The highest BCUT2D eigenvalue weighted by atomic mass is 15.4. The van der Waals surface area contributed by atoms with Crippen molar-refractivity contribution >= 4 is 11.5 Å². The second-order valence-corrected chi connectivity index (χ2v) is 6.55. The predicted octanol–water partition coefficient (Wildman–Crippen LogP) is 1.87. The predicted molar refractivity (Wildman–Crippen MR) is 102 cm³/mol. The van der Waals surface area contributed by atoms with E-state index in [9.17, 15) is 5.26 Å². The van der Waals surface area contributed by atoms with Gasteiger partial charge in [0, 0.05) is 38.1 Å². The van der Waals surface area contributed by atoms with E-state index in [0.29, 0.717) is 5.69 Å². The Labute approximate surface area is 157 Å². The first-order valence-corrected chi connectivity index (χ1v) is 8.88. The van der Waals surface area contributed by atoms with E-state index in [1.54, 1.807) is 10.9 Å². The van der Waals surface area contributed by atoms with E-state index in [4.69, 9.17) is 0 Å². The minimum absolute atomic E-state index is 0.472. The Morgan fingerprint density at radius 3 is 2.30 bits per heavy atom. The van der Waals surface area contributed by atoms with Gasteiger partial charge in [0.2, 0.25) is 0 Å². The Bertz CT molecular complexity index is 978. The Hall–Kier alpha value is -3.47. The number of nitrogens with zero attached hydrogens (tertiary/aromatic N) is 8. The fourth-order valence-electron chi connectivity index (χ4n) is 3.38. The third-order valence-corrected chi connectivity index (χ3v) is 4.70. The molecule has 1 aliphatic rings. The number of nitriles is 1. The molecule has 0 N–H and O–H groups in total. The molecule has 0 bridgehead atoms. The van der Waals surface area contributed by atoms with Gasteiger partial charge in [-0.05, 0) is 44.2 Å². The number of piperazine rings is 1. The van der Waals surface area contributed by atoms with Gasteiger partial charge >= 0.3 is 0 Å². The molecule has 0 aliphatic carbocycles. The van der Waals surface area contributed by atoms with E-state index in [1.165, 1.54) is 0 Å². The van der Waals surface area contributed by atoms with E-state index < -0.39 is 0 Å². The van der Waals surface area contributed by atoms with Crippen molar-refractivity contribution in [3.8, 4) is 11.9 Å². The number of hydrogen-bond acceptors (Lipinski definition) is 7. The first-order chi connectivity index (χ1) is 13.2. The monoisotopic (exact) mass is 360 g/mol. The summed E-state index contributed by atoms with van der Waals surface area (Å²) in [6.07, 6.45) is 1.65. The van der Waals surface area contributed by atoms with Crippen LogP contribution in [0.5, 0.6) is 0 Å². The Morgan fingerprint density at radius 1 is 0.963 bits per heavy atom. The van der Waals surface area contributed by atoms with Crippen LogP contribution in [0, 0.1) is 25.2 Å². The minimum atomic E-state index is 0.472. The normalized spacial score (nSPS) is 14.3. The van der Waals surface area contributed by atoms with Crippen molar-refractivity contribution in [3.05, 3.63) is 53.6 Å². The maximum absolute atomic E-state index is 9.25. The molecule has 136 valence electrons. The van der Waals surface area contributed by atoms with Crippen molar-refractivity contribution < 1.29 is 0 Å². The van der Waals surface area contributed by atoms with Crippen molar-refractivity contribution in [2.24, 2.45) is 0 Å². The van der Waals surface area contributed by atoms with Crippen LogP contribution in [0.4, 0.5) is 11.5 Å². The molecule has 3 aromatic rings. The lowest BCUT2D eigenvalue weighted by molar-refractivity contribution is 0.640. The average Bonchev–Trinajstić information content (AvgIpc) is 3.06. The second-order valence-electron chi connectivity index (χ2n) is 6.55. The van der Waals surface area contributed by atoms with Crippen LogP contribution in [0.25, 0.3) is 5.82 Å². The molecule has 27 heavy (non-hydrogen) atoms. The highest BCUT2D eigenvalue weighted by Gasteiger charge is 2.21. The summed E-state index contributed by atoms with van der Waals surface area (Å²) in [7, 11) is 0. The van der Waals surface area contributed by atoms with E-state index >= 15 is 0 Å². The van der Waals surface area contributed by atoms with Gasteiger partial charge in [0.05, 0.1) is 11.4 Å². The van der Waals surface area contributed by atoms with Gasteiger partial charge < -0.3 is 9.80 Å². The topological polar surface area (TPSA) is 86.8 Å². The summed E-state index contributed by atoms with van der Waals surface area (Å²) in [5.41, 5.74) is 3.36. The van der Waals surface area contributed by atoms with Gasteiger partial charge in [-0.25, -0.2) is 9.67 Å². The largest absolute Gasteiger partial charge is 0.366 e. The van der Waals surface area contributed by atoms with Gasteiger partial charge in [-0.2, -0.15) is 10.4 Å². The molecule has 3 aromatic heterocycles. The number of anilines is 2. The van der Waals surface area contributed by atoms with Crippen molar-refractivity contribution in [2.45, 2.75) is 13.8 Å². The first-order valence-electron chi connectivity index (χ1n) is 8.88. The summed E-state index contributed by atoms with van der Waals surface area (Å²) in [4.78, 5) is 8.55. The molecular weight excluding hydrogens is 340 g/mol. The van der Waals surface area contributed by atoms with Crippen molar-refractivity contribution in [3.63, 3.8) is 0 Å².